The molecule has 3 nitrogen and oxygen atoms in total. The smallest absolute Gasteiger partial charge is 0.146 e. The summed E-state index contributed by atoms with van der Waals surface area (Å²) in [5.41, 5.74) is 9.60. The molecule has 0 saturated carbocycles. The van der Waals surface area contributed by atoms with Crippen LogP contribution in [0.1, 0.15) is 5.56 Å². The molecule has 3 rings (SSSR count). The topological polar surface area (TPSA) is 43.8 Å². The standard InChI is InChI=1S/C15H14FN3/c1-9-6-7-13-12(8-9)18-15(19(13)2)10-4-3-5-11(16)14(10)17/h3-8H,17H2,1-2H3. The van der Waals surface area contributed by atoms with Crippen molar-refractivity contribution in [3.63, 3.8) is 0 Å². The Balaban J connectivity index is 2.31. The highest BCUT2D eigenvalue weighted by Gasteiger charge is 2.14. The van der Waals surface area contributed by atoms with Gasteiger partial charge in [-0.15, -0.1) is 0 Å². The van der Waals surface area contributed by atoms with Gasteiger partial charge in [0.25, 0.3) is 0 Å². The number of aromatic nitrogens is 2. The second-order valence-corrected chi connectivity index (χ2v) is 4.69. The average molecular weight is 255 g/mol. The molecular weight excluding hydrogens is 241 g/mol. The van der Waals surface area contributed by atoms with Gasteiger partial charge < -0.3 is 10.3 Å². The monoisotopic (exact) mass is 255 g/mol. The van der Waals surface area contributed by atoms with Gasteiger partial charge in [0, 0.05) is 12.6 Å². The maximum atomic E-state index is 13.6. The van der Waals surface area contributed by atoms with Crippen LogP contribution in [-0.4, -0.2) is 9.55 Å². The predicted molar refractivity (Wildman–Crippen MR) is 75.3 cm³/mol. The van der Waals surface area contributed by atoms with Crippen LogP contribution in [0.2, 0.25) is 0 Å². The van der Waals surface area contributed by atoms with Crippen LogP contribution >= 0.6 is 0 Å². The van der Waals surface area contributed by atoms with Gasteiger partial charge >= 0.3 is 0 Å². The van der Waals surface area contributed by atoms with E-state index < -0.39 is 5.82 Å². The number of nitrogen functional groups attached to an aromatic ring is 1. The molecule has 1 aromatic heterocycles. The van der Waals surface area contributed by atoms with Gasteiger partial charge in [-0.25, -0.2) is 9.37 Å². The lowest BCUT2D eigenvalue weighted by atomic mass is 10.1. The van der Waals surface area contributed by atoms with E-state index in [1.807, 2.05) is 36.7 Å². The summed E-state index contributed by atoms with van der Waals surface area (Å²) in [7, 11) is 1.91. The molecule has 0 fully saturated rings. The summed E-state index contributed by atoms with van der Waals surface area (Å²) in [5, 5.41) is 0. The lowest BCUT2D eigenvalue weighted by molar-refractivity contribution is 0.632. The Morgan fingerprint density at radius 1 is 1.21 bits per heavy atom. The van der Waals surface area contributed by atoms with Crippen molar-refractivity contribution >= 4 is 16.7 Å². The number of hydrogen-bond donors (Lipinski definition) is 1. The van der Waals surface area contributed by atoms with Crippen LogP contribution in [0.3, 0.4) is 0 Å². The number of halogens is 1. The van der Waals surface area contributed by atoms with E-state index in [0.717, 1.165) is 16.6 Å². The Morgan fingerprint density at radius 3 is 2.79 bits per heavy atom. The molecule has 0 atom stereocenters. The SMILES string of the molecule is Cc1ccc2c(c1)nc(-c1cccc(F)c1N)n2C. The minimum absolute atomic E-state index is 0.137. The molecule has 0 aliphatic rings. The number of benzene rings is 2. The summed E-state index contributed by atoms with van der Waals surface area (Å²) in [6.45, 7) is 2.02. The zero-order valence-corrected chi connectivity index (χ0v) is 10.8. The molecule has 96 valence electrons. The van der Waals surface area contributed by atoms with Crippen LogP contribution in [0.4, 0.5) is 10.1 Å². The Labute approximate surface area is 110 Å². The number of hydrogen-bond acceptors (Lipinski definition) is 2. The van der Waals surface area contributed by atoms with E-state index >= 15 is 0 Å². The summed E-state index contributed by atoms with van der Waals surface area (Å²) in [5.74, 6) is 0.262. The Kier molecular flexibility index (Phi) is 2.52. The number of anilines is 1. The quantitative estimate of drug-likeness (QED) is 0.678. The van der Waals surface area contributed by atoms with Crippen molar-refractivity contribution in [2.75, 3.05) is 5.73 Å². The maximum absolute atomic E-state index is 13.6. The number of nitrogens with two attached hydrogens (primary N) is 1. The molecule has 2 N–H and O–H groups in total. The van der Waals surface area contributed by atoms with Gasteiger partial charge in [0.05, 0.1) is 16.7 Å². The van der Waals surface area contributed by atoms with E-state index in [0.29, 0.717) is 11.4 Å². The van der Waals surface area contributed by atoms with E-state index in [-0.39, 0.29) is 5.69 Å². The van der Waals surface area contributed by atoms with Crippen molar-refractivity contribution in [1.82, 2.24) is 9.55 Å². The van der Waals surface area contributed by atoms with Gasteiger partial charge in [-0.3, -0.25) is 0 Å². The second-order valence-electron chi connectivity index (χ2n) is 4.69. The summed E-state index contributed by atoms with van der Waals surface area (Å²) < 4.78 is 15.5. The molecule has 0 spiro atoms. The van der Waals surface area contributed by atoms with Crippen LogP contribution in [0.15, 0.2) is 36.4 Å². The van der Waals surface area contributed by atoms with E-state index in [2.05, 4.69) is 4.98 Å². The van der Waals surface area contributed by atoms with Gasteiger partial charge in [-0.2, -0.15) is 0 Å². The van der Waals surface area contributed by atoms with Gasteiger partial charge in [0.1, 0.15) is 11.6 Å². The molecular formula is C15H14FN3. The Bertz CT molecular complexity index is 774. The van der Waals surface area contributed by atoms with Gasteiger partial charge in [-0.1, -0.05) is 12.1 Å². The van der Waals surface area contributed by atoms with E-state index in [9.17, 15) is 4.39 Å². The van der Waals surface area contributed by atoms with Gasteiger partial charge in [0.2, 0.25) is 0 Å². The van der Waals surface area contributed by atoms with Crippen molar-refractivity contribution < 1.29 is 4.39 Å². The molecule has 3 aromatic rings. The summed E-state index contributed by atoms with van der Waals surface area (Å²) >= 11 is 0. The third-order valence-corrected chi connectivity index (χ3v) is 3.33. The molecule has 0 bridgehead atoms. The third-order valence-electron chi connectivity index (χ3n) is 3.33. The number of imidazole rings is 1. The number of fused-ring (bicyclic) bond motifs is 1. The highest BCUT2D eigenvalue weighted by atomic mass is 19.1. The van der Waals surface area contributed by atoms with E-state index in [1.54, 1.807) is 12.1 Å². The normalized spacial score (nSPS) is 11.1. The number of aryl methyl sites for hydroxylation is 2. The van der Waals surface area contributed by atoms with Crippen molar-refractivity contribution in [3.8, 4) is 11.4 Å². The Hall–Kier alpha value is -2.36. The number of rotatable bonds is 1. The third kappa shape index (κ3) is 1.76. The fourth-order valence-electron chi connectivity index (χ4n) is 2.28. The van der Waals surface area contributed by atoms with Crippen molar-refractivity contribution in [2.24, 2.45) is 7.05 Å². The van der Waals surface area contributed by atoms with Crippen molar-refractivity contribution in [2.45, 2.75) is 6.92 Å². The van der Waals surface area contributed by atoms with Crippen LogP contribution in [0.25, 0.3) is 22.4 Å². The second kappa shape index (κ2) is 4.09. The minimum Gasteiger partial charge on any atom is -0.396 e. The first-order valence-electron chi connectivity index (χ1n) is 6.05. The summed E-state index contributed by atoms with van der Waals surface area (Å²) in [6, 6.07) is 10.8. The Morgan fingerprint density at radius 2 is 2.00 bits per heavy atom. The van der Waals surface area contributed by atoms with Crippen molar-refractivity contribution in [1.29, 1.82) is 0 Å². The first-order valence-corrected chi connectivity index (χ1v) is 6.05. The van der Waals surface area contributed by atoms with Crippen LogP contribution in [0, 0.1) is 12.7 Å². The highest BCUT2D eigenvalue weighted by Crippen LogP contribution is 2.29. The van der Waals surface area contributed by atoms with Crippen LogP contribution in [-0.2, 0) is 7.05 Å². The molecule has 19 heavy (non-hydrogen) atoms. The number of para-hydroxylation sites is 1. The number of nitrogens with zero attached hydrogens (tertiary/aromatic N) is 2. The van der Waals surface area contributed by atoms with E-state index in [4.69, 9.17) is 5.73 Å². The van der Waals surface area contributed by atoms with E-state index in [1.165, 1.54) is 6.07 Å². The lowest BCUT2D eigenvalue weighted by Crippen LogP contribution is -1.99. The summed E-state index contributed by atoms with van der Waals surface area (Å²) in [6.07, 6.45) is 0. The minimum atomic E-state index is -0.416. The highest BCUT2D eigenvalue weighted by molar-refractivity contribution is 5.84. The average Bonchev–Trinajstić information content (AvgIpc) is 2.69. The maximum Gasteiger partial charge on any atom is 0.146 e. The molecule has 0 unspecified atom stereocenters. The van der Waals surface area contributed by atoms with Crippen LogP contribution < -0.4 is 5.73 Å². The molecule has 0 amide bonds. The fourth-order valence-corrected chi connectivity index (χ4v) is 2.28. The zero-order valence-electron chi connectivity index (χ0n) is 10.8. The van der Waals surface area contributed by atoms with Crippen molar-refractivity contribution in [3.05, 3.63) is 47.8 Å². The summed E-state index contributed by atoms with van der Waals surface area (Å²) in [4.78, 5) is 4.56. The van der Waals surface area contributed by atoms with Crippen LogP contribution in [0.5, 0.6) is 0 Å². The molecule has 4 heteroatoms. The largest absolute Gasteiger partial charge is 0.396 e. The molecule has 2 aromatic carbocycles. The molecule has 1 heterocycles. The first-order chi connectivity index (χ1) is 9.08. The van der Waals surface area contributed by atoms with Gasteiger partial charge in [0.15, 0.2) is 0 Å². The first kappa shape index (κ1) is 11.7. The van der Waals surface area contributed by atoms with Gasteiger partial charge in [-0.05, 0) is 36.8 Å². The molecule has 0 radical (unpaired) electrons. The predicted octanol–water partition coefficient (Wildman–Crippen LogP) is 3.27. The zero-order chi connectivity index (χ0) is 13.6. The fraction of sp³-hybridized carbons (Fsp3) is 0.133. The lowest BCUT2D eigenvalue weighted by Gasteiger charge is -2.06. The molecule has 0 aliphatic carbocycles. The molecule has 0 aliphatic heterocycles. The molecule has 0 saturated heterocycles.